The highest BCUT2D eigenvalue weighted by atomic mass is 32.5. The number of rotatable bonds is 3. The van der Waals surface area contributed by atoms with Crippen LogP contribution in [0.4, 0.5) is 5.95 Å². The Balaban J connectivity index is 1.25. The molecule has 0 radical (unpaired) electrons. The third-order valence-corrected chi connectivity index (χ3v) is 9.37. The molecule has 3 fully saturated rings. The topological polar surface area (TPSA) is 228 Å². The van der Waals surface area contributed by atoms with Crippen molar-refractivity contribution in [1.29, 1.82) is 0 Å². The maximum Gasteiger partial charge on any atom is 0.336 e. The third kappa shape index (κ3) is 5.88. The quantitative estimate of drug-likeness (QED) is 0.272. The van der Waals surface area contributed by atoms with Gasteiger partial charge in [0.2, 0.25) is 11.8 Å². The van der Waals surface area contributed by atoms with Crippen LogP contribution in [0.3, 0.4) is 0 Å². The highest BCUT2D eigenvalue weighted by Crippen LogP contribution is 2.50. The van der Waals surface area contributed by atoms with E-state index in [-0.39, 0.29) is 42.8 Å². The van der Waals surface area contributed by atoms with Crippen LogP contribution < -0.4 is 20.8 Å². The van der Waals surface area contributed by atoms with Crippen molar-refractivity contribution >= 4 is 45.9 Å². The average Bonchev–Trinajstić information content (AvgIpc) is 3.58. The van der Waals surface area contributed by atoms with E-state index in [4.69, 9.17) is 40.2 Å². The minimum Gasteiger partial charge on any atom is -0.474 e. The highest BCUT2D eigenvalue weighted by Gasteiger charge is 2.45. The molecular formula is C20H25N8O9PS2. The van der Waals surface area contributed by atoms with Crippen molar-refractivity contribution in [2.75, 3.05) is 18.9 Å². The maximum atomic E-state index is 13.0. The number of aromatic amines is 1. The van der Waals surface area contributed by atoms with Gasteiger partial charge in [-0.05, 0) is 18.2 Å². The van der Waals surface area contributed by atoms with Crippen molar-refractivity contribution in [3.05, 3.63) is 35.3 Å². The van der Waals surface area contributed by atoms with Crippen LogP contribution >= 0.6 is 6.72 Å². The molecule has 2 aliphatic heterocycles. The summed E-state index contributed by atoms with van der Waals surface area (Å²) in [4.78, 5) is 41.5. The Bertz CT molecular complexity index is 1610. The van der Waals surface area contributed by atoms with Gasteiger partial charge in [-0.1, -0.05) is 0 Å². The standard InChI is InChI=1S/C20H25N8O9PS2/c21-20-26-17-16(18(29)27-20)24-9-28(17)19-14-5-12(35-19)7-33-38(30,39)36-13-4-11(34-15-1-2-22-8-23-15)3-10(13)6-25-40(31,32)37-14/h1-2,8-14,19,25H,3-7H2,(H,30,39)(H3,21,26,27,29)/t10-,11-,12+,13+,14-,19-,38?/m1/s1. The first-order valence-corrected chi connectivity index (χ1v) is 16.2. The van der Waals surface area contributed by atoms with Crippen LogP contribution in [0.1, 0.15) is 25.5 Å². The van der Waals surface area contributed by atoms with E-state index in [1.807, 2.05) is 0 Å². The largest absolute Gasteiger partial charge is 0.474 e. The second-order valence-electron chi connectivity index (χ2n) is 9.52. The summed E-state index contributed by atoms with van der Waals surface area (Å²) in [5, 5.41) is 0. The second-order valence-corrected chi connectivity index (χ2v) is 13.7. The lowest BCUT2D eigenvalue weighted by molar-refractivity contribution is -0.0431. The molecule has 6 rings (SSSR count). The van der Waals surface area contributed by atoms with Crippen molar-refractivity contribution in [2.45, 2.75) is 49.9 Å². The van der Waals surface area contributed by atoms with E-state index < -0.39 is 53.0 Å². The lowest BCUT2D eigenvalue weighted by Crippen LogP contribution is -2.37. The van der Waals surface area contributed by atoms with Crippen molar-refractivity contribution in [3.63, 3.8) is 0 Å². The number of hydrogen-bond acceptors (Lipinski definition) is 14. The molecule has 2 saturated heterocycles. The van der Waals surface area contributed by atoms with Gasteiger partial charge in [0.15, 0.2) is 17.4 Å². The zero-order valence-corrected chi connectivity index (χ0v) is 23.1. The van der Waals surface area contributed by atoms with E-state index in [1.54, 1.807) is 6.07 Å². The molecule has 17 nitrogen and oxygen atoms in total. The fraction of sp³-hybridized carbons (Fsp3) is 0.550. The van der Waals surface area contributed by atoms with Crippen molar-refractivity contribution in [3.8, 4) is 5.88 Å². The number of anilines is 1. The minimum absolute atomic E-state index is 0.0168. The van der Waals surface area contributed by atoms with E-state index in [2.05, 4.69) is 29.6 Å². The van der Waals surface area contributed by atoms with Crippen LogP contribution in [0.15, 0.2) is 29.7 Å². The summed E-state index contributed by atoms with van der Waals surface area (Å²) in [6, 6.07) is 1.60. The van der Waals surface area contributed by atoms with Gasteiger partial charge in [-0.3, -0.25) is 14.3 Å². The molecule has 0 amide bonds. The Kier molecular flexibility index (Phi) is 7.34. The maximum absolute atomic E-state index is 13.0. The van der Waals surface area contributed by atoms with E-state index >= 15 is 0 Å². The summed E-state index contributed by atoms with van der Waals surface area (Å²) in [5.74, 6) is -0.232. The van der Waals surface area contributed by atoms with Crippen molar-refractivity contribution < 1.29 is 36.0 Å². The Morgan fingerprint density at radius 3 is 2.90 bits per heavy atom. The number of H-pyrrole nitrogens is 1. The normalized spacial score (nSPS) is 34.4. The number of hydrogen-bond donors (Lipinski definition) is 4. The molecule has 1 saturated carbocycles. The number of imidazole rings is 1. The Labute approximate surface area is 231 Å². The predicted molar refractivity (Wildman–Crippen MR) is 139 cm³/mol. The van der Waals surface area contributed by atoms with Crippen molar-refractivity contribution in [1.82, 2.24) is 34.2 Å². The SMILES string of the molecule is Nc1nc2c(ncn2[C@@H]2O[C@@H]3COP(O)(=S)O[C@H]4C[C@H](Oc5ccncn5)C[C@@H]4CNS(=O)(=O)O[C@@H]2C3)c(=O)[nH]1. The van der Waals surface area contributed by atoms with E-state index in [0.29, 0.717) is 18.7 Å². The zero-order valence-electron chi connectivity index (χ0n) is 20.6. The number of ether oxygens (including phenoxy) is 2. The van der Waals surface area contributed by atoms with Gasteiger partial charge in [-0.25, -0.2) is 19.1 Å². The number of nitrogens with two attached hydrogens (primary N) is 1. The fourth-order valence-electron chi connectivity index (χ4n) is 5.07. The Morgan fingerprint density at radius 1 is 1.25 bits per heavy atom. The van der Waals surface area contributed by atoms with Crippen molar-refractivity contribution in [2.24, 2.45) is 5.92 Å². The van der Waals surface area contributed by atoms with E-state index in [1.165, 1.54) is 23.4 Å². The van der Waals surface area contributed by atoms with Crippen LogP contribution in [-0.4, -0.2) is 80.4 Å². The molecule has 3 aliphatic rings. The summed E-state index contributed by atoms with van der Waals surface area (Å²) < 4.78 is 58.8. The fourth-order valence-corrected chi connectivity index (χ4v) is 7.58. The number of aromatic nitrogens is 6. The molecule has 7 atom stereocenters. The molecule has 20 heteroatoms. The highest BCUT2D eigenvalue weighted by molar-refractivity contribution is 8.07. The van der Waals surface area contributed by atoms with E-state index in [0.717, 1.165) is 0 Å². The predicted octanol–water partition coefficient (Wildman–Crippen LogP) is -0.511. The van der Waals surface area contributed by atoms with Gasteiger partial charge in [0.25, 0.3) is 5.56 Å². The minimum atomic E-state index is -4.31. The molecule has 3 aromatic heterocycles. The lowest BCUT2D eigenvalue weighted by Gasteiger charge is -2.26. The van der Waals surface area contributed by atoms with Crippen LogP contribution in [-0.2, 0) is 40.1 Å². The first kappa shape index (κ1) is 27.6. The van der Waals surface area contributed by atoms with Gasteiger partial charge in [0.05, 0.1) is 25.1 Å². The summed E-state index contributed by atoms with van der Waals surface area (Å²) >= 11 is 5.27. The number of nitrogens with zero attached hydrogens (tertiary/aromatic N) is 5. The molecule has 40 heavy (non-hydrogen) atoms. The summed E-state index contributed by atoms with van der Waals surface area (Å²) in [6.45, 7) is -4.06. The summed E-state index contributed by atoms with van der Waals surface area (Å²) in [5.41, 5.74) is 5.19. The average molecular weight is 617 g/mol. The Morgan fingerprint density at radius 2 is 2.10 bits per heavy atom. The van der Waals surface area contributed by atoms with E-state index in [9.17, 15) is 18.1 Å². The molecular weight excluding hydrogens is 591 g/mol. The van der Waals surface area contributed by atoms with Crippen LogP contribution in [0, 0.1) is 5.92 Å². The monoisotopic (exact) mass is 616 g/mol. The molecule has 3 aromatic rings. The number of nitrogens with one attached hydrogen (secondary N) is 2. The molecule has 1 aliphatic carbocycles. The molecule has 216 valence electrons. The van der Waals surface area contributed by atoms with Gasteiger partial charge in [-0.2, -0.15) is 18.1 Å². The van der Waals surface area contributed by atoms with Gasteiger partial charge < -0.3 is 29.1 Å². The lowest BCUT2D eigenvalue weighted by atomic mass is 10.1. The van der Waals surface area contributed by atoms with Crippen LogP contribution in [0.5, 0.6) is 5.88 Å². The summed E-state index contributed by atoms with van der Waals surface area (Å²) in [7, 11) is -4.31. The molecule has 1 unspecified atom stereocenters. The van der Waals surface area contributed by atoms with Gasteiger partial charge >= 0.3 is 17.0 Å². The summed E-state index contributed by atoms with van der Waals surface area (Å²) in [6.07, 6.45) is 0.943. The Hall–Kier alpha value is -2.61. The van der Waals surface area contributed by atoms with Gasteiger partial charge in [0.1, 0.15) is 18.5 Å². The molecule has 2 bridgehead atoms. The van der Waals surface area contributed by atoms with Gasteiger partial charge in [0, 0.05) is 37.6 Å². The molecule has 0 aromatic carbocycles. The third-order valence-electron chi connectivity index (χ3n) is 6.76. The zero-order chi connectivity index (χ0) is 28.1. The molecule has 0 spiro atoms. The first-order valence-electron chi connectivity index (χ1n) is 12.2. The number of nitrogen functional groups attached to an aromatic ring is 1. The van der Waals surface area contributed by atoms with Crippen LogP contribution in [0.2, 0.25) is 0 Å². The molecule has 5 N–H and O–H groups in total. The second kappa shape index (κ2) is 10.7. The molecule has 5 heterocycles. The number of fused-ring (bicyclic) bond motifs is 4. The smallest absolute Gasteiger partial charge is 0.336 e. The first-order chi connectivity index (χ1) is 19.1. The van der Waals surface area contributed by atoms with Gasteiger partial charge in [-0.15, -0.1) is 0 Å². The van der Waals surface area contributed by atoms with Crippen LogP contribution in [0.25, 0.3) is 11.2 Å².